The first-order chi connectivity index (χ1) is 13.9. The Morgan fingerprint density at radius 2 is 1.72 bits per heavy atom. The molecule has 6 nitrogen and oxygen atoms in total. The Hall–Kier alpha value is -2.22. The highest BCUT2D eigenvalue weighted by molar-refractivity contribution is 7.87. The van der Waals surface area contributed by atoms with Crippen LogP contribution >= 0.6 is 0 Å². The van der Waals surface area contributed by atoms with E-state index in [1.54, 1.807) is 31.3 Å². The highest BCUT2D eigenvalue weighted by Crippen LogP contribution is 2.25. The topological polar surface area (TPSA) is 78.5 Å². The van der Waals surface area contributed by atoms with Crippen molar-refractivity contribution in [1.82, 2.24) is 9.03 Å². The fraction of sp³-hybridized carbons (Fsp3) is 0.409. The van der Waals surface area contributed by atoms with Crippen molar-refractivity contribution in [3.63, 3.8) is 0 Å². The first kappa shape index (κ1) is 21.5. The molecule has 0 spiro atoms. The molecule has 1 aliphatic rings. The minimum absolute atomic E-state index is 0.0601. The third kappa shape index (κ3) is 5.65. The fourth-order valence-electron chi connectivity index (χ4n) is 3.69. The first-order valence-electron chi connectivity index (χ1n) is 10.1. The molecule has 1 aliphatic carbocycles. The molecule has 0 radical (unpaired) electrons. The number of amides is 1. The molecule has 2 aromatic carbocycles. The first-order valence-corrected chi connectivity index (χ1v) is 11.5. The Morgan fingerprint density at radius 3 is 2.41 bits per heavy atom. The van der Waals surface area contributed by atoms with E-state index in [-0.39, 0.29) is 11.9 Å². The minimum atomic E-state index is -3.59. The minimum Gasteiger partial charge on any atom is -0.322 e. The van der Waals surface area contributed by atoms with Crippen LogP contribution < -0.4 is 10.0 Å². The summed E-state index contributed by atoms with van der Waals surface area (Å²) in [5, 5.41) is 2.86. The predicted octanol–water partition coefficient (Wildman–Crippen LogP) is 4.10. The van der Waals surface area contributed by atoms with Gasteiger partial charge in [0.2, 0.25) is 0 Å². The Kier molecular flexibility index (Phi) is 7.05. The van der Waals surface area contributed by atoms with E-state index in [0.717, 1.165) is 31.2 Å². The van der Waals surface area contributed by atoms with Crippen molar-refractivity contribution in [2.45, 2.75) is 51.1 Å². The van der Waals surface area contributed by atoms with Crippen molar-refractivity contribution in [3.8, 4) is 0 Å². The van der Waals surface area contributed by atoms with Crippen LogP contribution in [0.3, 0.4) is 0 Å². The maximum absolute atomic E-state index is 12.8. The molecule has 0 aromatic heterocycles. The molecule has 156 valence electrons. The molecule has 1 atom stereocenters. The van der Waals surface area contributed by atoms with Crippen LogP contribution in [0.15, 0.2) is 54.6 Å². The number of rotatable bonds is 7. The van der Waals surface area contributed by atoms with Crippen LogP contribution in [-0.4, -0.2) is 31.7 Å². The molecule has 7 heteroatoms. The predicted molar refractivity (Wildman–Crippen MR) is 116 cm³/mol. The lowest BCUT2D eigenvalue weighted by Crippen LogP contribution is -2.45. The van der Waals surface area contributed by atoms with E-state index in [0.29, 0.717) is 11.3 Å². The van der Waals surface area contributed by atoms with E-state index < -0.39 is 16.3 Å². The SMILES string of the molecule is C[C@H](NS(=O)(=O)N(C)C1CCCCC1)c1cccc(NC(=O)c2ccccc2)c1. The van der Waals surface area contributed by atoms with Crippen molar-refractivity contribution in [3.05, 3.63) is 65.7 Å². The summed E-state index contributed by atoms with van der Waals surface area (Å²) in [4.78, 5) is 12.4. The third-order valence-corrected chi connectivity index (χ3v) is 7.18. The maximum Gasteiger partial charge on any atom is 0.279 e. The zero-order valence-electron chi connectivity index (χ0n) is 17.0. The van der Waals surface area contributed by atoms with Crippen LogP contribution in [0.25, 0.3) is 0 Å². The largest absolute Gasteiger partial charge is 0.322 e. The van der Waals surface area contributed by atoms with Gasteiger partial charge in [0, 0.05) is 30.4 Å². The quantitative estimate of drug-likeness (QED) is 0.715. The number of benzene rings is 2. The Balaban J connectivity index is 1.67. The highest BCUT2D eigenvalue weighted by atomic mass is 32.2. The molecular formula is C22H29N3O3S. The Bertz CT molecular complexity index is 925. The van der Waals surface area contributed by atoms with Gasteiger partial charge in [0.25, 0.3) is 16.1 Å². The van der Waals surface area contributed by atoms with Gasteiger partial charge in [-0.25, -0.2) is 0 Å². The standard InChI is InChI=1S/C22H29N3O3S/c1-17(24-29(27,28)25(2)21-14-7-4-8-15-21)19-12-9-13-20(16-19)23-22(26)18-10-5-3-6-11-18/h3,5-6,9-13,16-17,21,24H,4,7-8,14-15H2,1-2H3,(H,23,26)/t17-/m0/s1. The number of carbonyl (C=O) groups is 1. The van der Waals surface area contributed by atoms with Gasteiger partial charge in [0.05, 0.1) is 0 Å². The summed E-state index contributed by atoms with van der Waals surface area (Å²) < 4.78 is 29.9. The second-order valence-electron chi connectivity index (χ2n) is 7.60. The van der Waals surface area contributed by atoms with Gasteiger partial charge in [0.1, 0.15) is 0 Å². The van der Waals surface area contributed by atoms with Crippen molar-refractivity contribution < 1.29 is 13.2 Å². The summed E-state index contributed by atoms with van der Waals surface area (Å²) in [5.41, 5.74) is 1.99. The molecule has 1 saturated carbocycles. The van der Waals surface area contributed by atoms with Crippen LogP contribution in [0, 0.1) is 0 Å². The molecule has 2 N–H and O–H groups in total. The normalized spacial score (nSPS) is 16.5. The van der Waals surface area contributed by atoms with Gasteiger partial charge in [-0.2, -0.15) is 17.4 Å². The zero-order chi connectivity index (χ0) is 20.9. The number of anilines is 1. The van der Waals surface area contributed by atoms with Gasteiger partial charge < -0.3 is 5.32 Å². The lowest BCUT2D eigenvalue weighted by molar-refractivity contribution is 0.102. The molecule has 0 aliphatic heterocycles. The van der Waals surface area contributed by atoms with Crippen LogP contribution in [0.4, 0.5) is 5.69 Å². The van der Waals surface area contributed by atoms with E-state index in [4.69, 9.17) is 0 Å². The second-order valence-corrected chi connectivity index (χ2v) is 9.36. The zero-order valence-corrected chi connectivity index (χ0v) is 17.8. The van der Waals surface area contributed by atoms with Crippen molar-refractivity contribution in [2.24, 2.45) is 0 Å². The average Bonchev–Trinajstić information content (AvgIpc) is 2.74. The molecule has 29 heavy (non-hydrogen) atoms. The van der Waals surface area contributed by atoms with Crippen LogP contribution in [0.2, 0.25) is 0 Å². The maximum atomic E-state index is 12.8. The Morgan fingerprint density at radius 1 is 1.03 bits per heavy atom. The average molecular weight is 416 g/mol. The highest BCUT2D eigenvalue weighted by Gasteiger charge is 2.28. The lowest BCUT2D eigenvalue weighted by atomic mass is 9.96. The number of carbonyl (C=O) groups excluding carboxylic acids is 1. The summed E-state index contributed by atoms with van der Waals surface area (Å²) in [6.07, 6.45) is 5.14. The van der Waals surface area contributed by atoms with Crippen molar-refractivity contribution >= 4 is 21.8 Å². The molecule has 1 amide bonds. The molecule has 0 unspecified atom stereocenters. The van der Waals surface area contributed by atoms with E-state index in [2.05, 4.69) is 10.0 Å². The molecule has 0 bridgehead atoms. The van der Waals surface area contributed by atoms with E-state index >= 15 is 0 Å². The lowest BCUT2D eigenvalue weighted by Gasteiger charge is -2.31. The molecule has 0 heterocycles. The molecule has 0 saturated heterocycles. The van der Waals surface area contributed by atoms with Crippen molar-refractivity contribution in [2.75, 3.05) is 12.4 Å². The molecule has 2 aromatic rings. The van der Waals surface area contributed by atoms with Crippen LogP contribution in [0.5, 0.6) is 0 Å². The summed E-state index contributed by atoms with van der Waals surface area (Å²) in [6, 6.07) is 15.9. The van der Waals surface area contributed by atoms with Gasteiger partial charge >= 0.3 is 0 Å². The number of hydrogen-bond donors (Lipinski definition) is 2. The van der Waals surface area contributed by atoms with Gasteiger partial charge in [-0.1, -0.05) is 49.6 Å². The number of hydrogen-bond acceptors (Lipinski definition) is 3. The summed E-state index contributed by atoms with van der Waals surface area (Å²) >= 11 is 0. The van der Waals surface area contributed by atoms with E-state index in [1.165, 1.54) is 10.7 Å². The molecule has 3 rings (SSSR count). The van der Waals surface area contributed by atoms with Gasteiger partial charge in [-0.3, -0.25) is 4.79 Å². The third-order valence-electron chi connectivity index (χ3n) is 5.47. The Labute approximate surface area is 173 Å². The van der Waals surface area contributed by atoms with Gasteiger partial charge in [-0.15, -0.1) is 0 Å². The molecular weight excluding hydrogens is 386 g/mol. The summed E-state index contributed by atoms with van der Waals surface area (Å²) in [7, 11) is -1.94. The van der Waals surface area contributed by atoms with Gasteiger partial charge in [-0.05, 0) is 49.6 Å². The second kappa shape index (κ2) is 9.52. The fourth-order valence-corrected chi connectivity index (χ4v) is 5.05. The van der Waals surface area contributed by atoms with Crippen LogP contribution in [0.1, 0.15) is 61.0 Å². The smallest absolute Gasteiger partial charge is 0.279 e. The van der Waals surface area contributed by atoms with E-state index in [1.807, 2.05) is 37.3 Å². The summed E-state index contributed by atoms with van der Waals surface area (Å²) in [5.74, 6) is -0.201. The van der Waals surface area contributed by atoms with Crippen molar-refractivity contribution in [1.29, 1.82) is 0 Å². The number of nitrogens with zero attached hydrogens (tertiary/aromatic N) is 1. The monoisotopic (exact) mass is 415 g/mol. The van der Waals surface area contributed by atoms with E-state index in [9.17, 15) is 13.2 Å². The number of nitrogens with one attached hydrogen (secondary N) is 2. The van der Waals surface area contributed by atoms with Crippen LogP contribution in [-0.2, 0) is 10.2 Å². The molecule has 1 fully saturated rings. The van der Waals surface area contributed by atoms with Gasteiger partial charge in [0.15, 0.2) is 0 Å². The summed E-state index contributed by atoms with van der Waals surface area (Å²) in [6.45, 7) is 1.81.